The monoisotopic (exact) mass is 564 g/mol. The van der Waals surface area contributed by atoms with Gasteiger partial charge < -0.3 is 14.2 Å². The molecule has 0 radical (unpaired) electrons. The molecule has 3 rings (SSSR count). The second-order valence-corrected chi connectivity index (χ2v) is 8.43. The number of rotatable bonds is 7. The van der Waals surface area contributed by atoms with Crippen LogP contribution in [0.1, 0.15) is 18.2 Å². The number of benzene rings is 2. The van der Waals surface area contributed by atoms with Crippen molar-refractivity contribution in [2.24, 2.45) is 7.05 Å². The Balaban J connectivity index is 1.95. The molecule has 3 aromatic rings. The summed E-state index contributed by atoms with van der Waals surface area (Å²) in [6.07, 6.45) is -5.94. The van der Waals surface area contributed by atoms with E-state index in [0.717, 1.165) is 19.2 Å². The van der Waals surface area contributed by atoms with Gasteiger partial charge in [-0.3, -0.25) is 9.36 Å². The molecule has 1 atom stereocenters. The number of methoxy groups -OCH3 is 1. The molecule has 0 aliphatic heterocycles. The second kappa shape index (κ2) is 10.9. The summed E-state index contributed by atoms with van der Waals surface area (Å²) >= 11 is 12.1. The van der Waals surface area contributed by atoms with Crippen molar-refractivity contribution in [3.05, 3.63) is 84.4 Å². The van der Waals surface area contributed by atoms with Crippen molar-refractivity contribution in [2.45, 2.75) is 25.8 Å². The largest absolute Gasteiger partial charge is 0.487 e. The van der Waals surface area contributed by atoms with Crippen molar-refractivity contribution in [3.8, 4) is 17.2 Å². The number of hydrogen-bond donors (Lipinski definition) is 0. The van der Waals surface area contributed by atoms with Crippen LogP contribution in [-0.2, 0) is 29.4 Å². The molecule has 8 nitrogen and oxygen atoms in total. The molecule has 0 aliphatic rings. The molecular formula is C23H18Cl2F4N2O6. The van der Waals surface area contributed by atoms with Crippen LogP contribution in [0.4, 0.5) is 17.6 Å². The Morgan fingerprint density at radius 3 is 2.35 bits per heavy atom. The summed E-state index contributed by atoms with van der Waals surface area (Å²) in [5.41, 5.74) is -4.51. The van der Waals surface area contributed by atoms with E-state index >= 15 is 0 Å². The van der Waals surface area contributed by atoms with Gasteiger partial charge in [-0.2, -0.15) is 13.2 Å². The van der Waals surface area contributed by atoms with E-state index in [1.165, 1.54) is 26.2 Å². The summed E-state index contributed by atoms with van der Waals surface area (Å²) in [6.45, 7) is 1.27. The lowest BCUT2D eigenvalue weighted by molar-refractivity contribution is -0.148. The fraction of sp³-hybridized carbons (Fsp3) is 0.261. The number of alkyl halides is 3. The summed E-state index contributed by atoms with van der Waals surface area (Å²) < 4.78 is 70.1. The lowest BCUT2D eigenvalue weighted by Gasteiger charge is -2.16. The molecule has 2 aromatic carbocycles. The summed E-state index contributed by atoms with van der Waals surface area (Å²) in [6, 6.07) is 6.36. The third kappa shape index (κ3) is 6.08. The summed E-state index contributed by atoms with van der Waals surface area (Å²) in [5, 5.41) is -0.0399. The Labute approximate surface area is 216 Å². The maximum Gasteiger partial charge on any atom is 0.431 e. The molecule has 37 heavy (non-hydrogen) atoms. The molecule has 1 heterocycles. The summed E-state index contributed by atoms with van der Waals surface area (Å²) in [5.74, 6) is -1.80. The van der Waals surface area contributed by atoms with E-state index in [9.17, 15) is 31.9 Å². The lowest BCUT2D eigenvalue weighted by atomic mass is 10.2. The average molecular weight is 565 g/mol. The number of aromatic nitrogens is 2. The minimum absolute atomic E-state index is 0.145. The zero-order valence-corrected chi connectivity index (χ0v) is 20.9. The van der Waals surface area contributed by atoms with E-state index in [1.807, 2.05) is 0 Å². The molecule has 0 fully saturated rings. The third-order valence-electron chi connectivity index (χ3n) is 5.08. The van der Waals surface area contributed by atoms with Crippen LogP contribution < -0.4 is 20.7 Å². The Bertz CT molecular complexity index is 1470. The van der Waals surface area contributed by atoms with Gasteiger partial charge in [0.25, 0.3) is 5.56 Å². The Morgan fingerprint density at radius 2 is 1.73 bits per heavy atom. The van der Waals surface area contributed by atoms with Crippen LogP contribution in [0.25, 0.3) is 5.69 Å². The Hall–Kier alpha value is -3.51. The smallest absolute Gasteiger partial charge is 0.431 e. The molecule has 0 N–H and O–H groups in total. The fourth-order valence-corrected chi connectivity index (χ4v) is 3.58. The Kier molecular flexibility index (Phi) is 8.23. The molecular weight excluding hydrogens is 547 g/mol. The molecule has 1 unspecified atom stereocenters. The van der Waals surface area contributed by atoms with Crippen LogP contribution in [0, 0.1) is 5.82 Å². The number of nitrogens with zero attached hydrogens (tertiary/aromatic N) is 2. The van der Waals surface area contributed by atoms with Gasteiger partial charge in [0.15, 0.2) is 6.10 Å². The quantitative estimate of drug-likeness (QED) is 0.309. The first kappa shape index (κ1) is 28.1. The first-order valence-electron chi connectivity index (χ1n) is 10.3. The van der Waals surface area contributed by atoms with E-state index in [1.54, 1.807) is 6.07 Å². The molecule has 0 saturated heterocycles. The minimum atomic E-state index is -4.98. The van der Waals surface area contributed by atoms with Crippen molar-refractivity contribution >= 4 is 29.2 Å². The zero-order chi connectivity index (χ0) is 27.7. The summed E-state index contributed by atoms with van der Waals surface area (Å²) in [4.78, 5) is 36.5. The normalized spacial score (nSPS) is 12.2. The number of esters is 1. The van der Waals surface area contributed by atoms with E-state index in [0.29, 0.717) is 5.56 Å². The highest BCUT2D eigenvalue weighted by Crippen LogP contribution is 2.32. The number of carbonyl (C=O) groups excluding carboxylic acids is 1. The van der Waals surface area contributed by atoms with Crippen molar-refractivity contribution in [1.82, 2.24) is 9.13 Å². The first-order chi connectivity index (χ1) is 17.2. The molecule has 0 amide bonds. The van der Waals surface area contributed by atoms with E-state index < -0.39 is 46.7 Å². The topological polar surface area (TPSA) is 88.8 Å². The minimum Gasteiger partial charge on any atom is -0.487 e. The van der Waals surface area contributed by atoms with Crippen molar-refractivity contribution in [2.75, 3.05) is 7.11 Å². The van der Waals surface area contributed by atoms with Gasteiger partial charge in [-0.25, -0.2) is 18.5 Å². The van der Waals surface area contributed by atoms with Gasteiger partial charge in [0, 0.05) is 19.2 Å². The number of hydrogen-bond acceptors (Lipinski definition) is 6. The van der Waals surface area contributed by atoms with Crippen molar-refractivity contribution in [1.29, 1.82) is 0 Å². The van der Waals surface area contributed by atoms with E-state index in [-0.39, 0.29) is 43.4 Å². The maximum atomic E-state index is 14.7. The molecule has 1 aromatic heterocycles. The van der Waals surface area contributed by atoms with Crippen LogP contribution in [0.3, 0.4) is 0 Å². The fourth-order valence-electron chi connectivity index (χ4n) is 3.21. The van der Waals surface area contributed by atoms with Crippen molar-refractivity contribution in [3.63, 3.8) is 0 Å². The third-order valence-corrected chi connectivity index (χ3v) is 5.69. The molecule has 0 spiro atoms. The molecule has 198 valence electrons. The average Bonchev–Trinajstić information content (AvgIpc) is 2.82. The maximum absolute atomic E-state index is 14.7. The van der Waals surface area contributed by atoms with Gasteiger partial charge in [-0.15, -0.1) is 0 Å². The SMILES string of the molecule is COC(=O)C(C)Oc1cc(COc2cc(-n3c(=O)cc(C(F)(F)F)n(C)c3=O)c(F)cc2Cl)ccc1Cl. The second-order valence-electron chi connectivity index (χ2n) is 7.61. The lowest BCUT2D eigenvalue weighted by Crippen LogP contribution is -2.41. The molecule has 0 aliphatic carbocycles. The number of ether oxygens (including phenoxy) is 3. The standard InChI is InChI=1S/C23H18Cl2F4N2O6/c1-11(21(33)35-3)37-18-6-12(4-5-13(18)24)10-36-17-8-16(15(26)7-14(17)25)31-20(32)9-19(23(27,28)29)30(2)22(31)34/h4-9,11H,10H2,1-3H3. The van der Waals surface area contributed by atoms with Crippen LogP contribution in [0.2, 0.25) is 10.0 Å². The van der Waals surface area contributed by atoms with Gasteiger partial charge in [0.05, 0.1) is 22.8 Å². The predicted octanol–water partition coefficient (Wildman–Crippen LogP) is 4.52. The van der Waals surface area contributed by atoms with Crippen molar-refractivity contribution < 1.29 is 36.6 Å². The highest BCUT2D eigenvalue weighted by atomic mass is 35.5. The first-order valence-corrected chi connectivity index (χ1v) is 11.1. The Morgan fingerprint density at radius 1 is 1.05 bits per heavy atom. The summed E-state index contributed by atoms with van der Waals surface area (Å²) in [7, 11) is 2.00. The van der Waals surface area contributed by atoms with Gasteiger partial charge in [-0.1, -0.05) is 29.3 Å². The molecule has 14 heteroatoms. The predicted molar refractivity (Wildman–Crippen MR) is 125 cm³/mol. The number of carbonyl (C=O) groups is 1. The van der Waals surface area contributed by atoms with Crippen LogP contribution in [0.5, 0.6) is 11.5 Å². The van der Waals surface area contributed by atoms with E-state index in [4.69, 9.17) is 32.7 Å². The van der Waals surface area contributed by atoms with Crippen LogP contribution in [0.15, 0.2) is 46.0 Å². The highest BCUT2D eigenvalue weighted by Gasteiger charge is 2.35. The van der Waals surface area contributed by atoms with Gasteiger partial charge in [0.1, 0.15) is 29.6 Å². The molecule has 0 bridgehead atoms. The van der Waals surface area contributed by atoms with E-state index in [2.05, 4.69) is 4.74 Å². The zero-order valence-electron chi connectivity index (χ0n) is 19.4. The van der Waals surface area contributed by atoms with Crippen LogP contribution >= 0.6 is 23.2 Å². The molecule has 0 saturated carbocycles. The van der Waals surface area contributed by atoms with Gasteiger partial charge >= 0.3 is 17.8 Å². The van der Waals surface area contributed by atoms with Gasteiger partial charge in [-0.05, 0) is 30.7 Å². The highest BCUT2D eigenvalue weighted by molar-refractivity contribution is 6.32. The van der Waals surface area contributed by atoms with Gasteiger partial charge in [0.2, 0.25) is 0 Å². The number of halogens is 6. The van der Waals surface area contributed by atoms with Crippen LogP contribution in [-0.4, -0.2) is 28.3 Å².